The lowest BCUT2D eigenvalue weighted by Gasteiger charge is -2.15. The Labute approximate surface area is 117 Å². The van der Waals surface area contributed by atoms with Gasteiger partial charge in [0.2, 0.25) is 0 Å². The zero-order valence-electron chi connectivity index (χ0n) is 11.2. The monoisotopic (exact) mass is 302 g/mol. The Morgan fingerprint density at radius 2 is 2.10 bits per heavy atom. The standard InChI is InChI=1S/C13H13F3N2O3/c1-6(18-12(20)13(14,15)16)8-5-17-9-3-7(21-2)4-10(19)11(8)9/h3-6,17,19H,1-2H3,(H,18,20). The van der Waals surface area contributed by atoms with Crippen LogP contribution in [0.5, 0.6) is 11.5 Å². The van der Waals surface area contributed by atoms with Gasteiger partial charge in [0.15, 0.2) is 0 Å². The number of aromatic nitrogens is 1. The Kier molecular flexibility index (Phi) is 3.71. The van der Waals surface area contributed by atoms with E-state index in [1.165, 1.54) is 26.3 Å². The summed E-state index contributed by atoms with van der Waals surface area (Å²) in [4.78, 5) is 13.8. The minimum Gasteiger partial charge on any atom is -0.507 e. The fraction of sp³-hybridized carbons (Fsp3) is 0.308. The number of alkyl halides is 3. The van der Waals surface area contributed by atoms with Crippen LogP contribution in [0, 0.1) is 0 Å². The fourth-order valence-electron chi connectivity index (χ4n) is 2.06. The summed E-state index contributed by atoms with van der Waals surface area (Å²) in [6.45, 7) is 1.40. The van der Waals surface area contributed by atoms with Gasteiger partial charge in [-0.2, -0.15) is 13.2 Å². The van der Waals surface area contributed by atoms with Gasteiger partial charge in [-0.1, -0.05) is 0 Å². The molecule has 21 heavy (non-hydrogen) atoms. The molecule has 0 radical (unpaired) electrons. The molecule has 3 N–H and O–H groups in total. The number of nitrogens with one attached hydrogen (secondary N) is 2. The number of carbonyl (C=O) groups excluding carboxylic acids is 1. The SMILES string of the molecule is COc1cc(O)c2c(C(C)NC(=O)C(F)(F)F)c[nH]c2c1. The predicted molar refractivity (Wildman–Crippen MR) is 69.1 cm³/mol. The van der Waals surface area contributed by atoms with E-state index in [1.807, 2.05) is 5.32 Å². The molecule has 1 atom stereocenters. The molecule has 0 aliphatic rings. The van der Waals surface area contributed by atoms with Gasteiger partial charge in [-0.05, 0) is 6.92 Å². The third kappa shape index (κ3) is 2.88. The van der Waals surface area contributed by atoms with E-state index < -0.39 is 18.1 Å². The van der Waals surface area contributed by atoms with Gasteiger partial charge in [0.05, 0.1) is 18.7 Å². The van der Waals surface area contributed by atoms with E-state index in [9.17, 15) is 23.1 Å². The highest BCUT2D eigenvalue weighted by Crippen LogP contribution is 2.35. The average molecular weight is 302 g/mol. The van der Waals surface area contributed by atoms with Crippen LogP contribution in [0.2, 0.25) is 0 Å². The van der Waals surface area contributed by atoms with Gasteiger partial charge in [0, 0.05) is 29.3 Å². The van der Waals surface area contributed by atoms with Crippen molar-refractivity contribution in [3.8, 4) is 11.5 Å². The normalized spacial score (nSPS) is 13.2. The zero-order chi connectivity index (χ0) is 15.8. The highest BCUT2D eigenvalue weighted by molar-refractivity contribution is 5.91. The number of aromatic hydroxyl groups is 1. The van der Waals surface area contributed by atoms with Crippen molar-refractivity contribution in [1.29, 1.82) is 0 Å². The van der Waals surface area contributed by atoms with E-state index in [2.05, 4.69) is 4.98 Å². The minimum atomic E-state index is -4.95. The lowest BCUT2D eigenvalue weighted by atomic mass is 10.1. The number of carbonyl (C=O) groups is 1. The molecule has 0 saturated carbocycles. The van der Waals surface area contributed by atoms with Crippen LogP contribution < -0.4 is 10.1 Å². The van der Waals surface area contributed by atoms with E-state index >= 15 is 0 Å². The maximum Gasteiger partial charge on any atom is 0.471 e. The van der Waals surface area contributed by atoms with Crippen LogP contribution in [0.1, 0.15) is 18.5 Å². The predicted octanol–water partition coefficient (Wildman–Crippen LogP) is 2.62. The van der Waals surface area contributed by atoms with Crippen LogP contribution in [-0.4, -0.2) is 29.3 Å². The van der Waals surface area contributed by atoms with Crippen LogP contribution in [0.15, 0.2) is 18.3 Å². The number of amides is 1. The first kappa shape index (κ1) is 15.0. The van der Waals surface area contributed by atoms with Crippen LogP contribution in [0.4, 0.5) is 13.2 Å². The number of fused-ring (bicyclic) bond motifs is 1. The third-order valence-corrected chi connectivity index (χ3v) is 3.07. The number of phenols is 1. The Morgan fingerprint density at radius 1 is 1.43 bits per heavy atom. The van der Waals surface area contributed by atoms with Crippen LogP contribution in [0.25, 0.3) is 10.9 Å². The number of rotatable bonds is 3. The number of phenolic OH excluding ortho intramolecular Hbond substituents is 1. The lowest BCUT2D eigenvalue weighted by molar-refractivity contribution is -0.174. The van der Waals surface area contributed by atoms with Gasteiger partial charge in [-0.25, -0.2) is 0 Å². The number of benzene rings is 1. The number of H-pyrrole nitrogens is 1. The quantitative estimate of drug-likeness (QED) is 0.816. The molecule has 0 bridgehead atoms. The molecule has 8 heteroatoms. The number of halogens is 3. The fourth-order valence-corrected chi connectivity index (χ4v) is 2.06. The van der Waals surface area contributed by atoms with Crippen LogP contribution in [0.3, 0.4) is 0 Å². The molecular weight excluding hydrogens is 289 g/mol. The van der Waals surface area contributed by atoms with Crippen molar-refractivity contribution in [2.24, 2.45) is 0 Å². The molecule has 0 fully saturated rings. The van der Waals surface area contributed by atoms with Gasteiger partial charge in [0.1, 0.15) is 11.5 Å². The first-order valence-electron chi connectivity index (χ1n) is 5.99. The maximum absolute atomic E-state index is 12.3. The Bertz CT molecular complexity index is 679. The molecular formula is C13H13F3N2O3. The number of aromatic amines is 1. The molecule has 1 aromatic heterocycles. The Balaban J connectivity index is 2.37. The number of methoxy groups -OCH3 is 1. The molecule has 1 heterocycles. The molecule has 0 spiro atoms. The molecule has 2 rings (SSSR count). The summed E-state index contributed by atoms with van der Waals surface area (Å²) < 4.78 is 41.8. The number of hydrogen-bond donors (Lipinski definition) is 3. The van der Waals surface area contributed by atoms with Crippen molar-refractivity contribution in [3.63, 3.8) is 0 Å². The second kappa shape index (κ2) is 5.19. The van der Waals surface area contributed by atoms with Crippen molar-refractivity contribution in [2.45, 2.75) is 19.1 Å². The second-order valence-electron chi connectivity index (χ2n) is 4.51. The molecule has 114 valence electrons. The summed E-state index contributed by atoms with van der Waals surface area (Å²) in [5.74, 6) is -1.77. The van der Waals surface area contributed by atoms with E-state index in [1.54, 1.807) is 6.07 Å². The lowest BCUT2D eigenvalue weighted by Crippen LogP contribution is -2.38. The summed E-state index contributed by atoms with van der Waals surface area (Å²) in [6, 6.07) is 2.02. The molecule has 1 aromatic carbocycles. The summed E-state index contributed by atoms with van der Waals surface area (Å²) in [6.07, 6.45) is -3.52. The largest absolute Gasteiger partial charge is 0.507 e. The molecule has 1 amide bonds. The van der Waals surface area contributed by atoms with Crippen LogP contribution >= 0.6 is 0 Å². The van der Waals surface area contributed by atoms with Gasteiger partial charge < -0.3 is 20.1 Å². The third-order valence-electron chi connectivity index (χ3n) is 3.07. The zero-order valence-corrected chi connectivity index (χ0v) is 11.2. The Hall–Kier alpha value is -2.38. The Morgan fingerprint density at radius 3 is 2.67 bits per heavy atom. The summed E-state index contributed by atoms with van der Waals surface area (Å²) >= 11 is 0. The number of hydrogen-bond acceptors (Lipinski definition) is 3. The summed E-state index contributed by atoms with van der Waals surface area (Å²) in [5, 5.41) is 12.1. The average Bonchev–Trinajstić information content (AvgIpc) is 2.81. The van der Waals surface area contributed by atoms with Gasteiger partial charge in [-0.15, -0.1) is 0 Å². The van der Waals surface area contributed by atoms with Gasteiger partial charge >= 0.3 is 12.1 Å². The molecule has 1 unspecified atom stereocenters. The molecule has 0 aliphatic heterocycles. The first-order chi connectivity index (χ1) is 9.74. The maximum atomic E-state index is 12.3. The summed E-state index contributed by atoms with van der Waals surface area (Å²) in [7, 11) is 1.43. The topological polar surface area (TPSA) is 74.3 Å². The highest BCUT2D eigenvalue weighted by atomic mass is 19.4. The van der Waals surface area contributed by atoms with E-state index in [4.69, 9.17) is 4.74 Å². The van der Waals surface area contributed by atoms with Crippen molar-refractivity contribution in [1.82, 2.24) is 10.3 Å². The smallest absolute Gasteiger partial charge is 0.471 e. The van der Waals surface area contributed by atoms with Gasteiger partial charge in [-0.3, -0.25) is 4.79 Å². The van der Waals surface area contributed by atoms with E-state index in [0.29, 0.717) is 22.2 Å². The van der Waals surface area contributed by atoms with Gasteiger partial charge in [0.25, 0.3) is 0 Å². The highest BCUT2D eigenvalue weighted by Gasteiger charge is 2.39. The van der Waals surface area contributed by atoms with Crippen molar-refractivity contribution >= 4 is 16.8 Å². The number of ether oxygens (including phenoxy) is 1. The van der Waals surface area contributed by atoms with Crippen molar-refractivity contribution in [2.75, 3.05) is 7.11 Å². The summed E-state index contributed by atoms with van der Waals surface area (Å²) in [5.41, 5.74) is 0.845. The molecule has 5 nitrogen and oxygen atoms in total. The molecule has 0 saturated heterocycles. The van der Waals surface area contributed by atoms with Crippen molar-refractivity contribution < 1.29 is 27.8 Å². The first-order valence-corrected chi connectivity index (χ1v) is 5.99. The second-order valence-corrected chi connectivity index (χ2v) is 4.51. The molecule has 0 aliphatic carbocycles. The van der Waals surface area contributed by atoms with E-state index in [0.717, 1.165) is 0 Å². The van der Waals surface area contributed by atoms with E-state index in [-0.39, 0.29) is 5.75 Å². The minimum absolute atomic E-state index is 0.145. The van der Waals surface area contributed by atoms with Crippen LogP contribution in [-0.2, 0) is 4.79 Å². The van der Waals surface area contributed by atoms with Crippen molar-refractivity contribution in [3.05, 3.63) is 23.9 Å². The molecule has 2 aromatic rings.